The Morgan fingerprint density at radius 3 is 2.65 bits per heavy atom. The normalized spacial score (nSPS) is 11.0. The van der Waals surface area contributed by atoms with Crippen molar-refractivity contribution in [1.29, 1.82) is 0 Å². The quantitative estimate of drug-likeness (QED) is 0.344. The molecule has 0 aliphatic rings. The number of thioether (sulfide) groups is 1. The van der Waals surface area contributed by atoms with Crippen LogP contribution in [0.1, 0.15) is 11.4 Å². The molecule has 0 aliphatic heterocycles. The van der Waals surface area contributed by atoms with Gasteiger partial charge in [0.2, 0.25) is 10.9 Å². The van der Waals surface area contributed by atoms with Crippen molar-refractivity contribution in [1.82, 2.24) is 14.9 Å². The van der Waals surface area contributed by atoms with Crippen LogP contribution in [0.15, 0.2) is 22.4 Å². The van der Waals surface area contributed by atoms with E-state index >= 15 is 0 Å². The van der Waals surface area contributed by atoms with Crippen LogP contribution in [0.5, 0.6) is 11.5 Å². The average molecular weight is 337 g/mol. The van der Waals surface area contributed by atoms with Crippen molar-refractivity contribution in [2.45, 2.75) is 12.1 Å². The van der Waals surface area contributed by atoms with Crippen LogP contribution in [0.25, 0.3) is 0 Å². The molecule has 0 radical (unpaired) electrons. The molecular weight excluding hydrogens is 322 g/mol. The minimum absolute atomic E-state index is 0.0694. The Kier molecular flexibility index (Phi) is 5.16. The zero-order chi connectivity index (χ0) is 17.0. The van der Waals surface area contributed by atoms with E-state index in [1.165, 1.54) is 38.3 Å². The van der Waals surface area contributed by atoms with E-state index in [-0.39, 0.29) is 17.2 Å². The number of aryl methyl sites for hydroxylation is 1. The molecule has 0 unspecified atom stereocenters. The lowest BCUT2D eigenvalue weighted by Gasteiger charge is -2.08. The van der Waals surface area contributed by atoms with Crippen LogP contribution < -0.4 is 9.47 Å². The summed E-state index contributed by atoms with van der Waals surface area (Å²) in [6, 6.07) is 2.97. The molecule has 1 heterocycles. The molecule has 9 nitrogen and oxygen atoms in total. The maximum Gasteiger partial charge on any atom is 0.315 e. The average Bonchev–Trinajstić information content (AvgIpc) is 2.91. The van der Waals surface area contributed by atoms with E-state index in [9.17, 15) is 10.1 Å². The summed E-state index contributed by atoms with van der Waals surface area (Å²) in [4.78, 5) is 10.7. The predicted molar refractivity (Wildman–Crippen MR) is 85.7 cm³/mol. The summed E-state index contributed by atoms with van der Waals surface area (Å²) < 4.78 is 11.7. The second-order valence-corrected chi connectivity index (χ2v) is 5.10. The third-order valence-electron chi connectivity index (χ3n) is 2.95. The molecule has 122 valence electrons. The van der Waals surface area contributed by atoms with Gasteiger partial charge in [0, 0.05) is 11.6 Å². The highest BCUT2D eigenvalue weighted by Gasteiger charge is 2.21. The minimum atomic E-state index is -0.532. The van der Waals surface area contributed by atoms with Crippen molar-refractivity contribution in [3.05, 3.63) is 33.6 Å². The van der Waals surface area contributed by atoms with Gasteiger partial charge >= 0.3 is 5.69 Å². The molecule has 0 aliphatic carbocycles. The maximum atomic E-state index is 11.2. The van der Waals surface area contributed by atoms with Crippen molar-refractivity contribution in [3.8, 4) is 11.5 Å². The van der Waals surface area contributed by atoms with E-state index in [0.717, 1.165) is 0 Å². The molecule has 0 fully saturated rings. The van der Waals surface area contributed by atoms with Gasteiger partial charge in [-0.05, 0) is 19.2 Å². The molecule has 23 heavy (non-hydrogen) atoms. The Hall–Kier alpha value is -2.62. The first kappa shape index (κ1) is 16.7. The molecular formula is C13H15N5O4S. The number of benzene rings is 1. The summed E-state index contributed by atoms with van der Waals surface area (Å²) in [5, 5.41) is 24.0. The molecule has 0 saturated carbocycles. The molecule has 0 spiro atoms. The van der Waals surface area contributed by atoms with Crippen LogP contribution >= 0.6 is 11.8 Å². The van der Waals surface area contributed by atoms with Gasteiger partial charge in [-0.1, -0.05) is 11.8 Å². The number of hydrogen-bond acceptors (Lipinski definition) is 8. The largest absolute Gasteiger partial charge is 0.493 e. The predicted octanol–water partition coefficient (Wildman–Crippen LogP) is 2.12. The van der Waals surface area contributed by atoms with E-state index in [0.29, 0.717) is 16.5 Å². The molecule has 0 saturated heterocycles. The number of aromatic nitrogens is 3. The topological polar surface area (TPSA) is 105 Å². The summed E-state index contributed by atoms with van der Waals surface area (Å²) in [6.45, 7) is 1.76. The van der Waals surface area contributed by atoms with E-state index in [1.54, 1.807) is 17.7 Å². The highest BCUT2D eigenvalue weighted by molar-refractivity contribution is 7.98. The van der Waals surface area contributed by atoms with Gasteiger partial charge in [0.15, 0.2) is 11.6 Å². The van der Waals surface area contributed by atoms with Gasteiger partial charge in [-0.15, -0.1) is 10.2 Å². The zero-order valence-corrected chi connectivity index (χ0v) is 13.8. The number of nitro benzene ring substituents is 1. The van der Waals surface area contributed by atoms with Crippen molar-refractivity contribution in [2.24, 2.45) is 5.10 Å². The van der Waals surface area contributed by atoms with Crippen LogP contribution in [-0.2, 0) is 0 Å². The van der Waals surface area contributed by atoms with Crippen LogP contribution in [0.3, 0.4) is 0 Å². The molecule has 1 aromatic heterocycles. The van der Waals surface area contributed by atoms with Gasteiger partial charge in [0.1, 0.15) is 0 Å². The van der Waals surface area contributed by atoms with Crippen molar-refractivity contribution < 1.29 is 14.4 Å². The van der Waals surface area contributed by atoms with Gasteiger partial charge in [-0.3, -0.25) is 10.1 Å². The number of hydrogen-bond donors (Lipinski definition) is 0. The number of methoxy groups -OCH3 is 2. The molecule has 0 atom stereocenters. The number of nitro groups is 1. The Morgan fingerprint density at radius 1 is 1.35 bits per heavy atom. The Morgan fingerprint density at radius 2 is 2.09 bits per heavy atom. The molecule has 10 heteroatoms. The standard InChI is InChI=1S/C13H15N5O4S/c1-8-15-16-13(23-4)17(8)14-7-9-5-10(18(19)20)12(22-3)11(6-9)21-2/h5-7H,1-4H3/b14-7-. The van der Waals surface area contributed by atoms with Gasteiger partial charge in [-0.2, -0.15) is 9.78 Å². The summed E-state index contributed by atoms with van der Waals surface area (Å²) in [7, 11) is 2.77. The van der Waals surface area contributed by atoms with Crippen LogP contribution in [0.2, 0.25) is 0 Å². The van der Waals surface area contributed by atoms with Crippen LogP contribution in [-0.4, -0.2) is 46.5 Å². The van der Waals surface area contributed by atoms with Crippen molar-refractivity contribution in [3.63, 3.8) is 0 Å². The monoisotopic (exact) mass is 337 g/mol. The molecule has 0 bridgehead atoms. The fraction of sp³-hybridized carbons (Fsp3) is 0.308. The van der Waals surface area contributed by atoms with Gasteiger partial charge < -0.3 is 9.47 Å². The lowest BCUT2D eigenvalue weighted by atomic mass is 10.2. The smallest absolute Gasteiger partial charge is 0.315 e. The summed E-state index contributed by atoms with van der Waals surface area (Å²) in [5.41, 5.74) is 0.299. The van der Waals surface area contributed by atoms with Crippen LogP contribution in [0, 0.1) is 17.0 Å². The Labute approximate surface area is 136 Å². The van der Waals surface area contributed by atoms with Gasteiger partial charge in [0.25, 0.3) is 0 Å². The highest BCUT2D eigenvalue weighted by Crippen LogP contribution is 2.37. The minimum Gasteiger partial charge on any atom is -0.493 e. The van der Waals surface area contributed by atoms with Gasteiger partial charge in [-0.25, -0.2) is 0 Å². The fourth-order valence-electron chi connectivity index (χ4n) is 1.90. The van der Waals surface area contributed by atoms with Crippen molar-refractivity contribution >= 4 is 23.7 Å². The summed E-state index contributed by atoms with van der Waals surface area (Å²) in [5.74, 6) is 0.939. The third-order valence-corrected chi connectivity index (χ3v) is 3.57. The molecule has 1 aromatic carbocycles. The van der Waals surface area contributed by atoms with E-state index in [4.69, 9.17) is 9.47 Å². The lowest BCUT2D eigenvalue weighted by molar-refractivity contribution is -0.385. The van der Waals surface area contributed by atoms with Crippen LogP contribution in [0.4, 0.5) is 5.69 Å². The van der Waals surface area contributed by atoms with E-state index < -0.39 is 4.92 Å². The summed E-state index contributed by atoms with van der Waals surface area (Å²) in [6.07, 6.45) is 3.34. The second kappa shape index (κ2) is 7.09. The molecule has 2 rings (SSSR count). The number of rotatable bonds is 6. The first-order chi connectivity index (χ1) is 11.0. The highest BCUT2D eigenvalue weighted by atomic mass is 32.2. The number of nitrogens with zero attached hydrogens (tertiary/aromatic N) is 5. The Balaban J connectivity index is 2.47. The zero-order valence-electron chi connectivity index (χ0n) is 13.0. The SMILES string of the molecule is COc1cc(/C=N\n2c(C)nnc2SC)cc([N+](=O)[O-])c1OC. The third kappa shape index (κ3) is 3.42. The molecule has 0 N–H and O–H groups in total. The maximum absolute atomic E-state index is 11.2. The van der Waals surface area contributed by atoms with Crippen molar-refractivity contribution in [2.75, 3.05) is 20.5 Å². The van der Waals surface area contributed by atoms with E-state index in [2.05, 4.69) is 15.3 Å². The van der Waals surface area contributed by atoms with Gasteiger partial charge in [0.05, 0.1) is 25.4 Å². The first-order valence-corrected chi connectivity index (χ1v) is 7.65. The molecule has 2 aromatic rings. The van der Waals surface area contributed by atoms with E-state index in [1.807, 2.05) is 6.26 Å². The first-order valence-electron chi connectivity index (χ1n) is 6.42. The Bertz CT molecular complexity index is 759. The lowest BCUT2D eigenvalue weighted by Crippen LogP contribution is -2.00. The molecule has 0 amide bonds. The summed E-state index contributed by atoms with van der Waals surface area (Å²) >= 11 is 1.40. The second-order valence-electron chi connectivity index (χ2n) is 4.32. The fourth-order valence-corrected chi connectivity index (χ4v) is 2.37. The number of ether oxygens (including phenoxy) is 2.